The molecule has 0 unspecified atom stereocenters. The van der Waals surface area contributed by atoms with Crippen LogP contribution in [0.4, 0.5) is 4.39 Å². The van der Waals surface area contributed by atoms with Gasteiger partial charge in [0.2, 0.25) is 0 Å². The number of benzene rings is 2. The quantitative estimate of drug-likeness (QED) is 0.706. The number of rotatable bonds is 5. The second kappa shape index (κ2) is 7.75. The molecular weight excluding hydrogens is 371 g/mol. The van der Waals surface area contributed by atoms with Gasteiger partial charge in [-0.15, -0.1) is 0 Å². The Hall–Kier alpha value is -3.67. The van der Waals surface area contributed by atoms with Crippen LogP contribution in [-0.4, -0.2) is 28.0 Å². The van der Waals surface area contributed by atoms with Gasteiger partial charge >= 0.3 is 0 Å². The topological polar surface area (TPSA) is 62.7 Å². The van der Waals surface area contributed by atoms with Crippen LogP contribution in [0.15, 0.2) is 78.7 Å². The van der Waals surface area contributed by atoms with Gasteiger partial charge in [0, 0.05) is 11.8 Å². The van der Waals surface area contributed by atoms with Crippen molar-refractivity contribution < 1.29 is 19.0 Å². The van der Waals surface area contributed by atoms with E-state index in [4.69, 9.17) is 4.74 Å². The molecule has 2 heterocycles. The summed E-state index contributed by atoms with van der Waals surface area (Å²) >= 11 is 0. The zero-order chi connectivity index (χ0) is 20.4. The van der Waals surface area contributed by atoms with E-state index in [1.54, 1.807) is 60.7 Å². The summed E-state index contributed by atoms with van der Waals surface area (Å²) < 4.78 is 18.7. The van der Waals surface area contributed by atoms with Crippen molar-refractivity contribution in [3.8, 4) is 5.75 Å². The van der Waals surface area contributed by atoms with Crippen molar-refractivity contribution in [2.24, 2.45) is 0 Å². The third-order valence-corrected chi connectivity index (χ3v) is 4.95. The summed E-state index contributed by atoms with van der Waals surface area (Å²) in [5.74, 6) is -0.508. The highest BCUT2D eigenvalue weighted by atomic mass is 19.1. The summed E-state index contributed by atoms with van der Waals surface area (Å²) in [6.45, 7) is 0.214. The lowest BCUT2D eigenvalue weighted by Gasteiger charge is -2.27. The molecular formula is C23H19FN2O3. The van der Waals surface area contributed by atoms with E-state index >= 15 is 0 Å². The minimum Gasteiger partial charge on any atom is -0.503 e. The molecule has 0 bridgehead atoms. The standard InChI is InChI=1S/C23H19FN2O3/c1-29-19-11-7-15(8-12-19)20-21(16-5-9-17(24)10-6-16)26(23(28)22(20)27)14-18-4-2-3-13-25-18/h2-13,21,27H,14H2,1H3/t21-/m0/s1. The first-order valence-electron chi connectivity index (χ1n) is 9.12. The van der Waals surface area contributed by atoms with Gasteiger partial charge in [-0.3, -0.25) is 9.78 Å². The molecule has 6 heteroatoms. The van der Waals surface area contributed by atoms with Crippen molar-refractivity contribution in [1.29, 1.82) is 0 Å². The SMILES string of the molecule is COc1ccc(C2=C(O)C(=O)N(Cc3ccccn3)[C@H]2c2ccc(F)cc2)cc1. The number of carbonyl (C=O) groups is 1. The van der Waals surface area contributed by atoms with Gasteiger partial charge in [0.15, 0.2) is 5.76 Å². The Morgan fingerprint density at radius 2 is 1.79 bits per heavy atom. The number of carbonyl (C=O) groups excluding carboxylic acids is 1. The third-order valence-electron chi connectivity index (χ3n) is 4.95. The number of hydrogen-bond donors (Lipinski definition) is 1. The highest BCUT2D eigenvalue weighted by molar-refractivity contribution is 6.05. The van der Waals surface area contributed by atoms with Gasteiger partial charge in [0.25, 0.3) is 5.91 Å². The Morgan fingerprint density at radius 1 is 1.07 bits per heavy atom. The van der Waals surface area contributed by atoms with E-state index in [-0.39, 0.29) is 18.1 Å². The molecule has 2 aromatic carbocycles. The molecule has 1 N–H and O–H groups in total. The number of pyridine rings is 1. The molecule has 146 valence electrons. The van der Waals surface area contributed by atoms with E-state index in [0.29, 0.717) is 28.1 Å². The third kappa shape index (κ3) is 3.57. The Labute approximate surface area is 167 Å². The minimum absolute atomic E-state index is 0.214. The summed E-state index contributed by atoms with van der Waals surface area (Å²) in [7, 11) is 1.57. The predicted molar refractivity (Wildman–Crippen MR) is 106 cm³/mol. The molecule has 0 spiro atoms. The maximum absolute atomic E-state index is 13.5. The van der Waals surface area contributed by atoms with Crippen LogP contribution < -0.4 is 4.74 Å². The first kappa shape index (κ1) is 18.7. The monoisotopic (exact) mass is 390 g/mol. The lowest BCUT2D eigenvalue weighted by molar-refractivity contribution is -0.130. The molecule has 1 atom stereocenters. The van der Waals surface area contributed by atoms with Crippen molar-refractivity contribution in [1.82, 2.24) is 9.88 Å². The molecule has 0 saturated carbocycles. The van der Waals surface area contributed by atoms with E-state index in [9.17, 15) is 14.3 Å². The Bertz CT molecular complexity index is 1050. The zero-order valence-electron chi connectivity index (χ0n) is 15.7. The molecule has 0 radical (unpaired) electrons. The molecule has 0 fully saturated rings. The van der Waals surface area contributed by atoms with Crippen LogP contribution in [0.5, 0.6) is 5.75 Å². The second-order valence-electron chi connectivity index (χ2n) is 6.70. The molecule has 3 aromatic rings. The van der Waals surface area contributed by atoms with Crippen molar-refractivity contribution in [3.05, 3.63) is 101 Å². The fraction of sp³-hybridized carbons (Fsp3) is 0.130. The second-order valence-corrected chi connectivity index (χ2v) is 6.70. The van der Waals surface area contributed by atoms with Gasteiger partial charge in [0.1, 0.15) is 11.6 Å². The fourth-order valence-electron chi connectivity index (χ4n) is 3.54. The number of amides is 1. The summed E-state index contributed by atoms with van der Waals surface area (Å²) in [6.07, 6.45) is 1.65. The molecule has 0 aliphatic carbocycles. The number of aromatic nitrogens is 1. The molecule has 29 heavy (non-hydrogen) atoms. The maximum Gasteiger partial charge on any atom is 0.290 e. The van der Waals surface area contributed by atoms with Crippen LogP contribution in [0.25, 0.3) is 5.57 Å². The van der Waals surface area contributed by atoms with Gasteiger partial charge in [0.05, 0.1) is 25.4 Å². The van der Waals surface area contributed by atoms with Crippen molar-refractivity contribution >= 4 is 11.5 Å². The van der Waals surface area contributed by atoms with Gasteiger partial charge in [-0.2, -0.15) is 0 Å². The average Bonchev–Trinajstić information content (AvgIpc) is 3.00. The first-order chi connectivity index (χ1) is 14.1. The molecule has 1 aromatic heterocycles. The Balaban J connectivity index is 1.80. The van der Waals surface area contributed by atoms with E-state index in [0.717, 1.165) is 0 Å². The number of aliphatic hydroxyl groups is 1. The van der Waals surface area contributed by atoms with Crippen molar-refractivity contribution in [3.63, 3.8) is 0 Å². The summed E-state index contributed by atoms with van der Waals surface area (Å²) in [6, 6.07) is 17.9. The Morgan fingerprint density at radius 3 is 2.41 bits per heavy atom. The number of hydrogen-bond acceptors (Lipinski definition) is 4. The van der Waals surface area contributed by atoms with Crippen molar-refractivity contribution in [2.45, 2.75) is 12.6 Å². The number of aliphatic hydroxyl groups excluding tert-OH is 1. The van der Waals surface area contributed by atoms with Crippen LogP contribution in [0.2, 0.25) is 0 Å². The van der Waals surface area contributed by atoms with E-state index in [1.165, 1.54) is 12.1 Å². The number of methoxy groups -OCH3 is 1. The van der Waals surface area contributed by atoms with Crippen LogP contribution in [-0.2, 0) is 11.3 Å². The van der Waals surface area contributed by atoms with E-state index < -0.39 is 11.9 Å². The molecule has 1 aliphatic rings. The molecule has 5 nitrogen and oxygen atoms in total. The van der Waals surface area contributed by atoms with Gasteiger partial charge < -0.3 is 14.7 Å². The lowest BCUT2D eigenvalue weighted by atomic mass is 9.93. The maximum atomic E-state index is 13.5. The summed E-state index contributed by atoms with van der Waals surface area (Å²) in [5.41, 5.74) is 2.55. The lowest BCUT2D eigenvalue weighted by Crippen LogP contribution is -2.30. The van der Waals surface area contributed by atoms with Gasteiger partial charge in [-0.05, 0) is 47.5 Å². The predicted octanol–water partition coefficient (Wildman–Crippen LogP) is 4.28. The first-order valence-corrected chi connectivity index (χ1v) is 9.12. The van der Waals surface area contributed by atoms with E-state index in [2.05, 4.69) is 4.98 Å². The Kier molecular flexibility index (Phi) is 4.99. The highest BCUT2D eigenvalue weighted by Gasteiger charge is 2.41. The highest BCUT2D eigenvalue weighted by Crippen LogP contribution is 2.43. The van der Waals surface area contributed by atoms with Gasteiger partial charge in [-0.1, -0.05) is 30.3 Å². The van der Waals surface area contributed by atoms with Crippen LogP contribution in [0, 0.1) is 5.82 Å². The van der Waals surface area contributed by atoms with Crippen LogP contribution >= 0.6 is 0 Å². The molecule has 1 aliphatic heterocycles. The number of ether oxygens (including phenoxy) is 1. The normalized spacial score (nSPS) is 16.4. The summed E-state index contributed by atoms with van der Waals surface area (Å²) in [4.78, 5) is 18.8. The minimum atomic E-state index is -0.571. The number of halogens is 1. The van der Waals surface area contributed by atoms with Gasteiger partial charge in [-0.25, -0.2) is 4.39 Å². The summed E-state index contributed by atoms with van der Waals surface area (Å²) in [5, 5.41) is 10.7. The van der Waals surface area contributed by atoms with Crippen LogP contribution in [0.3, 0.4) is 0 Å². The smallest absolute Gasteiger partial charge is 0.290 e. The zero-order valence-corrected chi connectivity index (χ0v) is 15.7. The largest absolute Gasteiger partial charge is 0.503 e. The molecule has 4 rings (SSSR count). The van der Waals surface area contributed by atoms with E-state index in [1.807, 2.05) is 12.1 Å². The van der Waals surface area contributed by atoms with Crippen molar-refractivity contribution in [2.75, 3.05) is 7.11 Å². The fourth-order valence-corrected chi connectivity index (χ4v) is 3.54. The molecule has 0 saturated heterocycles. The molecule has 1 amide bonds. The van der Waals surface area contributed by atoms with Crippen LogP contribution in [0.1, 0.15) is 22.9 Å². The average molecular weight is 390 g/mol. The number of nitrogens with zero attached hydrogens (tertiary/aromatic N) is 2.